The Morgan fingerprint density at radius 2 is 2.18 bits per heavy atom. The second-order valence-corrected chi connectivity index (χ2v) is 3.60. The summed E-state index contributed by atoms with van der Waals surface area (Å²) in [5.41, 5.74) is 1.91. The highest BCUT2D eigenvalue weighted by molar-refractivity contribution is 5.83. The first-order chi connectivity index (χ1) is 8.27. The Hall–Kier alpha value is -2.23. The van der Waals surface area contributed by atoms with Gasteiger partial charge in [-0.1, -0.05) is 12.1 Å². The van der Waals surface area contributed by atoms with Gasteiger partial charge in [0, 0.05) is 13.2 Å². The van der Waals surface area contributed by atoms with Crippen molar-refractivity contribution in [3.63, 3.8) is 0 Å². The predicted octanol–water partition coefficient (Wildman–Crippen LogP) is 2.33. The number of nitrogens with zero attached hydrogens (tertiary/aromatic N) is 3. The van der Waals surface area contributed by atoms with E-state index >= 15 is 0 Å². The first kappa shape index (κ1) is 11.3. The molecule has 0 aliphatic rings. The molecule has 2 aromatic rings. The molecule has 4 heteroatoms. The summed E-state index contributed by atoms with van der Waals surface area (Å²) in [4.78, 5) is 19.6. The predicted molar refractivity (Wildman–Crippen MR) is 66.5 cm³/mol. The van der Waals surface area contributed by atoms with E-state index in [-0.39, 0.29) is 0 Å². The monoisotopic (exact) mass is 227 g/mol. The summed E-state index contributed by atoms with van der Waals surface area (Å²) in [5.74, 6) is 0.746. The van der Waals surface area contributed by atoms with Gasteiger partial charge >= 0.3 is 0 Å². The molecule has 0 aliphatic carbocycles. The number of aromatic nitrogens is 3. The molecule has 2 aromatic heterocycles. The van der Waals surface area contributed by atoms with E-state index in [0.29, 0.717) is 5.69 Å². The van der Waals surface area contributed by atoms with Crippen LogP contribution in [-0.2, 0) is 7.05 Å². The Labute approximate surface area is 99.6 Å². The van der Waals surface area contributed by atoms with Crippen LogP contribution in [-0.4, -0.2) is 20.8 Å². The Morgan fingerprint density at radius 1 is 1.35 bits per heavy atom. The topological polar surface area (TPSA) is 47.8 Å². The maximum atomic E-state index is 11.0. The van der Waals surface area contributed by atoms with Crippen molar-refractivity contribution in [2.75, 3.05) is 0 Å². The van der Waals surface area contributed by atoms with Gasteiger partial charge in [0.05, 0.1) is 11.4 Å². The quantitative estimate of drug-likeness (QED) is 0.756. The summed E-state index contributed by atoms with van der Waals surface area (Å²) in [6.45, 7) is 1.91. The number of hydrogen-bond acceptors (Lipinski definition) is 3. The van der Waals surface area contributed by atoms with Gasteiger partial charge in [0.1, 0.15) is 11.5 Å². The third kappa shape index (κ3) is 2.01. The fourth-order valence-electron chi connectivity index (χ4n) is 1.72. The van der Waals surface area contributed by atoms with Crippen molar-refractivity contribution in [1.82, 2.24) is 14.5 Å². The molecule has 4 nitrogen and oxygen atoms in total. The largest absolute Gasteiger partial charge is 0.326 e. The zero-order chi connectivity index (χ0) is 12.3. The van der Waals surface area contributed by atoms with E-state index < -0.39 is 0 Å². The lowest BCUT2D eigenvalue weighted by Gasteiger charge is -2.03. The zero-order valence-electron chi connectivity index (χ0n) is 9.79. The van der Waals surface area contributed by atoms with Crippen LogP contribution in [0.5, 0.6) is 0 Å². The standard InChI is InChI=1S/C13H13N3O/c1-3-6-12-15-11(9-17)13(16(12)2)10-7-4-5-8-14-10/h3-9H,1-2H3/b6-3-. The minimum absolute atomic E-state index is 0.416. The normalized spacial score (nSPS) is 10.9. The summed E-state index contributed by atoms with van der Waals surface area (Å²) >= 11 is 0. The van der Waals surface area contributed by atoms with Crippen molar-refractivity contribution in [3.05, 3.63) is 42.0 Å². The maximum absolute atomic E-state index is 11.0. The number of rotatable bonds is 3. The van der Waals surface area contributed by atoms with Crippen molar-refractivity contribution in [2.45, 2.75) is 6.92 Å². The van der Waals surface area contributed by atoms with Gasteiger partial charge < -0.3 is 4.57 Å². The maximum Gasteiger partial charge on any atom is 0.170 e. The van der Waals surface area contributed by atoms with E-state index in [0.717, 1.165) is 23.5 Å². The summed E-state index contributed by atoms with van der Waals surface area (Å²) in [6, 6.07) is 5.59. The van der Waals surface area contributed by atoms with E-state index in [1.807, 2.05) is 48.9 Å². The van der Waals surface area contributed by atoms with Gasteiger partial charge in [-0.25, -0.2) is 4.98 Å². The molecule has 0 unspecified atom stereocenters. The van der Waals surface area contributed by atoms with Crippen LogP contribution < -0.4 is 0 Å². The number of imidazole rings is 1. The van der Waals surface area contributed by atoms with Crippen LogP contribution in [0.15, 0.2) is 30.5 Å². The molecule has 0 aliphatic heterocycles. The minimum Gasteiger partial charge on any atom is -0.326 e. The lowest BCUT2D eigenvalue weighted by atomic mass is 10.2. The number of pyridine rings is 1. The zero-order valence-corrected chi connectivity index (χ0v) is 9.79. The van der Waals surface area contributed by atoms with Gasteiger partial charge in [-0.15, -0.1) is 0 Å². The Balaban J connectivity index is 2.64. The van der Waals surface area contributed by atoms with Crippen LogP contribution in [0.1, 0.15) is 23.2 Å². The summed E-state index contributed by atoms with van der Waals surface area (Å²) < 4.78 is 1.87. The molecular formula is C13H13N3O. The summed E-state index contributed by atoms with van der Waals surface area (Å²) in [5, 5.41) is 0. The van der Waals surface area contributed by atoms with Crippen LogP contribution in [0.3, 0.4) is 0 Å². The molecule has 0 spiro atoms. The van der Waals surface area contributed by atoms with Gasteiger partial charge in [-0.2, -0.15) is 0 Å². The smallest absolute Gasteiger partial charge is 0.170 e. The number of carbonyl (C=O) groups is 1. The molecular weight excluding hydrogens is 214 g/mol. The van der Waals surface area contributed by atoms with Crippen molar-refractivity contribution in [1.29, 1.82) is 0 Å². The molecule has 0 N–H and O–H groups in total. The molecule has 0 saturated carbocycles. The van der Waals surface area contributed by atoms with E-state index in [1.54, 1.807) is 6.20 Å². The fraction of sp³-hybridized carbons (Fsp3) is 0.154. The lowest BCUT2D eigenvalue weighted by Crippen LogP contribution is -1.97. The Morgan fingerprint density at radius 3 is 2.76 bits per heavy atom. The first-order valence-electron chi connectivity index (χ1n) is 5.34. The molecule has 0 aromatic carbocycles. The second-order valence-electron chi connectivity index (χ2n) is 3.60. The van der Waals surface area contributed by atoms with Gasteiger partial charge in [0.15, 0.2) is 6.29 Å². The van der Waals surface area contributed by atoms with Gasteiger partial charge in [0.25, 0.3) is 0 Å². The molecule has 0 fully saturated rings. The SMILES string of the molecule is C/C=C\c1nc(C=O)c(-c2ccccn2)n1C. The highest BCUT2D eigenvalue weighted by Gasteiger charge is 2.14. The molecule has 17 heavy (non-hydrogen) atoms. The van der Waals surface area contributed by atoms with Gasteiger partial charge in [-0.3, -0.25) is 9.78 Å². The molecule has 2 heterocycles. The third-order valence-corrected chi connectivity index (χ3v) is 2.49. The molecule has 0 amide bonds. The highest BCUT2D eigenvalue weighted by Crippen LogP contribution is 2.21. The second kappa shape index (κ2) is 4.74. The number of aldehydes is 1. The average Bonchev–Trinajstić information content (AvgIpc) is 2.68. The molecule has 86 valence electrons. The van der Waals surface area contributed by atoms with Crippen molar-refractivity contribution in [3.8, 4) is 11.4 Å². The fourth-order valence-corrected chi connectivity index (χ4v) is 1.72. The van der Waals surface area contributed by atoms with Crippen LogP contribution in [0, 0.1) is 0 Å². The van der Waals surface area contributed by atoms with E-state index in [2.05, 4.69) is 9.97 Å². The Kier molecular flexibility index (Phi) is 3.14. The van der Waals surface area contributed by atoms with Crippen LogP contribution in [0.25, 0.3) is 17.5 Å². The summed E-state index contributed by atoms with van der Waals surface area (Å²) in [6.07, 6.45) is 6.21. The number of allylic oxidation sites excluding steroid dienone is 1. The van der Waals surface area contributed by atoms with E-state index in [1.165, 1.54) is 0 Å². The van der Waals surface area contributed by atoms with Crippen molar-refractivity contribution < 1.29 is 4.79 Å². The van der Waals surface area contributed by atoms with Crippen LogP contribution >= 0.6 is 0 Å². The summed E-state index contributed by atoms with van der Waals surface area (Å²) in [7, 11) is 1.87. The minimum atomic E-state index is 0.416. The third-order valence-electron chi connectivity index (χ3n) is 2.49. The average molecular weight is 227 g/mol. The van der Waals surface area contributed by atoms with Gasteiger partial charge in [-0.05, 0) is 25.1 Å². The number of carbonyl (C=O) groups excluding carboxylic acids is 1. The molecule has 0 atom stereocenters. The van der Waals surface area contributed by atoms with Crippen molar-refractivity contribution >= 4 is 12.4 Å². The van der Waals surface area contributed by atoms with E-state index in [9.17, 15) is 4.79 Å². The van der Waals surface area contributed by atoms with Crippen molar-refractivity contribution in [2.24, 2.45) is 7.05 Å². The molecule has 0 radical (unpaired) electrons. The van der Waals surface area contributed by atoms with Crippen LogP contribution in [0.4, 0.5) is 0 Å². The van der Waals surface area contributed by atoms with E-state index in [4.69, 9.17) is 0 Å². The Bertz CT molecular complexity index is 556. The molecule has 2 rings (SSSR count). The van der Waals surface area contributed by atoms with Crippen LogP contribution in [0.2, 0.25) is 0 Å². The number of hydrogen-bond donors (Lipinski definition) is 0. The lowest BCUT2D eigenvalue weighted by molar-refractivity contribution is 0.112. The highest BCUT2D eigenvalue weighted by atomic mass is 16.1. The molecule has 0 bridgehead atoms. The van der Waals surface area contributed by atoms with Gasteiger partial charge in [0.2, 0.25) is 0 Å². The first-order valence-corrected chi connectivity index (χ1v) is 5.34. The molecule has 0 saturated heterocycles.